The van der Waals surface area contributed by atoms with Crippen LogP contribution in [0.5, 0.6) is 0 Å². The van der Waals surface area contributed by atoms with Crippen molar-refractivity contribution in [1.82, 2.24) is 14.5 Å². The molecule has 0 radical (unpaired) electrons. The Bertz CT molecular complexity index is 1250. The predicted molar refractivity (Wildman–Crippen MR) is 136 cm³/mol. The highest BCUT2D eigenvalue weighted by atomic mass is 35.5. The molecule has 1 saturated heterocycles. The third-order valence-corrected chi connectivity index (χ3v) is 7.96. The van der Waals surface area contributed by atoms with Crippen LogP contribution in [0.2, 0.25) is 5.02 Å². The molecule has 1 aromatic carbocycles. The second-order valence-corrected chi connectivity index (χ2v) is 11.5. The molecule has 11 heteroatoms. The van der Waals surface area contributed by atoms with Gasteiger partial charge < -0.3 is 19.1 Å². The van der Waals surface area contributed by atoms with E-state index in [-0.39, 0.29) is 44.6 Å². The van der Waals surface area contributed by atoms with Crippen molar-refractivity contribution in [2.75, 3.05) is 18.0 Å². The molecule has 5 rings (SSSR count). The Hall–Kier alpha value is -2.75. The van der Waals surface area contributed by atoms with Crippen LogP contribution in [0, 0.1) is 5.92 Å². The Labute approximate surface area is 224 Å². The van der Waals surface area contributed by atoms with Crippen LogP contribution in [-0.4, -0.2) is 51.8 Å². The number of carbonyl (C=O) groups excluding carboxylic acids is 2. The number of aromatic nitrogens is 2. The lowest BCUT2D eigenvalue weighted by molar-refractivity contribution is -0.136. The minimum Gasteiger partial charge on any atom is -0.447 e. The van der Waals surface area contributed by atoms with E-state index >= 15 is 0 Å². The molecule has 0 bridgehead atoms. The first-order valence-electron chi connectivity index (χ1n) is 13.1. The maximum Gasteiger partial charge on any atom is 0.410 e. The zero-order valence-electron chi connectivity index (χ0n) is 21.8. The number of benzene rings is 1. The van der Waals surface area contributed by atoms with Crippen molar-refractivity contribution in [2.24, 2.45) is 5.92 Å². The number of fused-ring (bicyclic) bond motifs is 3. The molecule has 2 aliphatic heterocycles. The highest BCUT2D eigenvalue weighted by Crippen LogP contribution is 2.49. The topological polar surface area (TPSA) is 67.7 Å². The number of halogens is 4. The zero-order chi connectivity index (χ0) is 27.4. The van der Waals surface area contributed by atoms with E-state index in [1.54, 1.807) is 36.9 Å². The summed E-state index contributed by atoms with van der Waals surface area (Å²) in [5.74, 6) is 0.868. The summed E-state index contributed by atoms with van der Waals surface area (Å²) in [6.45, 7) is 6.36. The fourth-order valence-corrected chi connectivity index (χ4v) is 6.07. The zero-order valence-corrected chi connectivity index (χ0v) is 22.5. The van der Waals surface area contributed by atoms with E-state index in [0.29, 0.717) is 22.5 Å². The first-order valence-corrected chi connectivity index (χ1v) is 13.5. The van der Waals surface area contributed by atoms with Crippen molar-refractivity contribution in [2.45, 2.75) is 83.7 Å². The van der Waals surface area contributed by atoms with E-state index in [1.807, 2.05) is 4.57 Å². The maximum absolute atomic E-state index is 13.9. The Morgan fingerprint density at radius 1 is 1.29 bits per heavy atom. The number of alkyl halides is 3. The molecule has 38 heavy (non-hydrogen) atoms. The average molecular weight is 553 g/mol. The van der Waals surface area contributed by atoms with Crippen LogP contribution in [-0.2, 0) is 40.9 Å². The van der Waals surface area contributed by atoms with Crippen LogP contribution in [0.15, 0.2) is 18.2 Å². The molecule has 2 aromatic rings. The summed E-state index contributed by atoms with van der Waals surface area (Å²) in [7, 11) is 0. The van der Waals surface area contributed by atoms with Crippen LogP contribution in [0.4, 0.5) is 23.7 Å². The number of hydrogen-bond donors (Lipinski definition) is 0. The molecule has 1 fully saturated rings. The number of ether oxygens (including phenoxy) is 1. The predicted octanol–water partition coefficient (Wildman–Crippen LogP) is 5.65. The molecular formula is C27H32ClF3N4O3. The number of imidazole rings is 1. The van der Waals surface area contributed by atoms with E-state index in [0.717, 1.165) is 36.2 Å². The quantitative estimate of drug-likeness (QED) is 0.464. The van der Waals surface area contributed by atoms with Gasteiger partial charge in [0.1, 0.15) is 11.2 Å². The fraction of sp³-hybridized carbons (Fsp3) is 0.593. The Balaban J connectivity index is 1.44. The maximum atomic E-state index is 13.9. The molecule has 0 saturated carbocycles. The van der Waals surface area contributed by atoms with Crippen LogP contribution in [0.25, 0.3) is 0 Å². The average Bonchev–Trinajstić information content (AvgIpc) is 3.23. The van der Waals surface area contributed by atoms with Crippen molar-refractivity contribution < 1.29 is 27.5 Å². The first kappa shape index (κ1) is 26.8. The smallest absolute Gasteiger partial charge is 0.410 e. The summed E-state index contributed by atoms with van der Waals surface area (Å²) in [6, 6.07) is 5.27. The van der Waals surface area contributed by atoms with Gasteiger partial charge in [-0.3, -0.25) is 4.79 Å². The van der Waals surface area contributed by atoms with Crippen molar-refractivity contribution >= 4 is 29.3 Å². The van der Waals surface area contributed by atoms with Gasteiger partial charge in [-0.15, -0.1) is 0 Å². The molecule has 1 aliphatic carbocycles. The van der Waals surface area contributed by atoms with Crippen LogP contribution in [0.3, 0.4) is 0 Å². The molecular weight excluding hydrogens is 521 g/mol. The number of carbonyl (C=O) groups is 2. The number of rotatable bonds is 6. The van der Waals surface area contributed by atoms with Gasteiger partial charge in [0.15, 0.2) is 0 Å². The van der Waals surface area contributed by atoms with Gasteiger partial charge in [-0.25, -0.2) is 9.78 Å². The van der Waals surface area contributed by atoms with Crippen molar-refractivity contribution in [1.29, 1.82) is 0 Å². The lowest BCUT2D eigenvalue weighted by atomic mass is 9.75. The van der Waals surface area contributed by atoms with Gasteiger partial charge in [0.2, 0.25) is 5.91 Å². The summed E-state index contributed by atoms with van der Waals surface area (Å²) in [6.07, 6.45) is -3.41. The normalized spacial score (nSPS) is 20.1. The van der Waals surface area contributed by atoms with E-state index in [9.17, 15) is 22.8 Å². The molecule has 0 N–H and O–H groups in total. The number of hydrogen-bond acceptors (Lipinski definition) is 4. The Kier molecular flexibility index (Phi) is 6.90. The van der Waals surface area contributed by atoms with E-state index in [2.05, 4.69) is 6.92 Å². The molecule has 206 valence electrons. The number of anilines is 1. The van der Waals surface area contributed by atoms with Gasteiger partial charge in [0, 0.05) is 42.5 Å². The molecule has 3 heterocycles. The van der Waals surface area contributed by atoms with Crippen molar-refractivity contribution in [3.63, 3.8) is 0 Å². The van der Waals surface area contributed by atoms with Gasteiger partial charge in [-0.2, -0.15) is 13.2 Å². The number of amides is 2. The molecule has 1 atom stereocenters. The van der Waals surface area contributed by atoms with E-state index < -0.39 is 24.1 Å². The fourth-order valence-electron chi connectivity index (χ4n) is 5.90. The molecule has 1 spiro atoms. The third-order valence-electron chi connectivity index (χ3n) is 7.73. The Morgan fingerprint density at radius 3 is 2.71 bits per heavy atom. The highest BCUT2D eigenvalue weighted by Gasteiger charge is 2.60. The SMILES string of the molecule is CC(C)OC(=O)N1CC2(C1)C(=O)N(Cc1nc3c(n1CCCC(F)(F)F)CC[C@@H](C)C3)c1ccc(Cl)cc12. The van der Waals surface area contributed by atoms with Crippen molar-refractivity contribution in [3.05, 3.63) is 46.0 Å². The second kappa shape index (κ2) is 9.77. The number of nitrogens with zero attached hydrogens (tertiary/aromatic N) is 4. The lowest BCUT2D eigenvalue weighted by Gasteiger charge is -2.46. The van der Waals surface area contributed by atoms with Gasteiger partial charge in [-0.05, 0) is 69.2 Å². The van der Waals surface area contributed by atoms with Gasteiger partial charge in [-0.1, -0.05) is 18.5 Å². The molecule has 2 amide bonds. The van der Waals surface area contributed by atoms with Crippen LogP contribution < -0.4 is 4.90 Å². The molecule has 0 unspecified atom stereocenters. The summed E-state index contributed by atoms with van der Waals surface area (Å²) in [4.78, 5) is 34.4. The standard InChI is InChI=1S/C27H32ClF3N4O3/c1-16(2)38-25(37)33-14-26(15-33)19-12-18(28)6-8-21(19)35(24(26)36)13-23-32-20-11-17(3)5-7-22(20)34(23)10-4-9-27(29,30)31/h6,8,12,16-17H,4-5,7,9-11,13-15H2,1-3H3/t17-/m1/s1. The van der Waals surface area contributed by atoms with Crippen LogP contribution >= 0.6 is 11.6 Å². The summed E-state index contributed by atoms with van der Waals surface area (Å²) < 4.78 is 45.9. The molecule has 3 aliphatic rings. The first-order chi connectivity index (χ1) is 17.9. The largest absolute Gasteiger partial charge is 0.447 e. The van der Waals surface area contributed by atoms with E-state index in [1.165, 1.54) is 4.90 Å². The van der Waals surface area contributed by atoms with Crippen molar-refractivity contribution in [3.8, 4) is 0 Å². The monoisotopic (exact) mass is 552 g/mol. The molecule has 7 nitrogen and oxygen atoms in total. The Morgan fingerprint density at radius 2 is 2.03 bits per heavy atom. The van der Waals surface area contributed by atoms with E-state index in [4.69, 9.17) is 21.3 Å². The lowest BCUT2D eigenvalue weighted by Crippen LogP contribution is -2.65. The highest BCUT2D eigenvalue weighted by molar-refractivity contribution is 6.31. The number of likely N-dealkylation sites (tertiary alicyclic amines) is 1. The summed E-state index contributed by atoms with van der Waals surface area (Å²) in [5.41, 5.74) is 2.39. The summed E-state index contributed by atoms with van der Waals surface area (Å²) >= 11 is 6.31. The minimum atomic E-state index is -4.22. The van der Waals surface area contributed by atoms with Crippen LogP contribution in [0.1, 0.15) is 62.8 Å². The third kappa shape index (κ3) is 4.87. The van der Waals surface area contributed by atoms with Gasteiger partial charge in [0.05, 0.1) is 18.3 Å². The minimum absolute atomic E-state index is 0.0497. The summed E-state index contributed by atoms with van der Waals surface area (Å²) in [5, 5.41) is 0.485. The molecule has 1 aromatic heterocycles. The van der Waals surface area contributed by atoms with Gasteiger partial charge >= 0.3 is 12.3 Å². The second-order valence-electron chi connectivity index (χ2n) is 11.1. The van der Waals surface area contributed by atoms with Gasteiger partial charge in [0.25, 0.3) is 0 Å².